The second kappa shape index (κ2) is 13.4. The van der Waals surface area contributed by atoms with Crippen LogP contribution in [0.4, 0.5) is 5.69 Å². The summed E-state index contributed by atoms with van der Waals surface area (Å²) in [5.41, 5.74) is 0.965. The molecule has 1 heterocycles. The Labute approximate surface area is 169 Å². The van der Waals surface area contributed by atoms with Gasteiger partial charge in [0, 0.05) is 59.1 Å². The van der Waals surface area contributed by atoms with Crippen LogP contribution in [-0.4, -0.2) is 78.1 Å². The van der Waals surface area contributed by atoms with Gasteiger partial charge in [0.1, 0.15) is 5.75 Å². The number of hydrogen-bond donors (Lipinski definition) is 2. The largest absolute Gasteiger partial charge is 0.493 e. The van der Waals surface area contributed by atoms with Gasteiger partial charge in [0.05, 0.1) is 13.2 Å². The van der Waals surface area contributed by atoms with Crippen LogP contribution in [0.15, 0.2) is 29.3 Å². The first-order chi connectivity index (χ1) is 13.7. The maximum absolute atomic E-state index is 5.76. The molecule has 0 unspecified atom stereocenters. The molecule has 1 aliphatic heterocycles. The van der Waals surface area contributed by atoms with Crippen molar-refractivity contribution in [2.45, 2.75) is 19.3 Å². The van der Waals surface area contributed by atoms with Crippen LogP contribution in [0.2, 0.25) is 0 Å². The molecule has 28 heavy (non-hydrogen) atoms. The maximum atomic E-state index is 5.76. The first-order valence-corrected chi connectivity index (χ1v) is 10.2. The number of aliphatic imine (C=N–C) groups is 1. The molecule has 0 aliphatic carbocycles. The lowest BCUT2D eigenvalue weighted by atomic mass is 9.97. The van der Waals surface area contributed by atoms with E-state index in [2.05, 4.69) is 20.5 Å². The van der Waals surface area contributed by atoms with E-state index in [1.165, 1.54) is 12.8 Å². The molecule has 2 rings (SSSR count). The zero-order valence-corrected chi connectivity index (χ0v) is 17.6. The van der Waals surface area contributed by atoms with Crippen LogP contribution >= 0.6 is 0 Å². The Kier molecular flexibility index (Phi) is 10.7. The highest BCUT2D eigenvalue weighted by Gasteiger charge is 2.19. The van der Waals surface area contributed by atoms with Crippen molar-refractivity contribution in [2.24, 2.45) is 10.9 Å². The SMILES string of the molecule is CN=C(NCC1CCN(CCOC)CC1)Nc1cccc(OCCCOC)c1. The molecular weight excluding hydrogens is 356 g/mol. The lowest BCUT2D eigenvalue weighted by molar-refractivity contribution is 0.121. The third kappa shape index (κ3) is 8.46. The van der Waals surface area contributed by atoms with Gasteiger partial charge in [-0.05, 0) is 44.0 Å². The summed E-state index contributed by atoms with van der Waals surface area (Å²) in [4.78, 5) is 6.83. The van der Waals surface area contributed by atoms with Gasteiger partial charge in [-0.15, -0.1) is 0 Å². The van der Waals surface area contributed by atoms with Crippen molar-refractivity contribution in [3.8, 4) is 5.75 Å². The molecule has 1 fully saturated rings. The van der Waals surface area contributed by atoms with E-state index >= 15 is 0 Å². The Morgan fingerprint density at radius 2 is 1.93 bits per heavy atom. The van der Waals surface area contributed by atoms with Crippen molar-refractivity contribution in [3.63, 3.8) is 0 Å². The van der Waals surface area contributed by atoms with Gasteiger partial charge in [0.2, 0.25) is 0 Å². The first-order valence-electron chi connectivity index (χ1n) is 10.2. The lowest BCUT2D eigenvalue weighted by Gasteiger charge is -2.32. The molecule has 0 atom stereocenters. The van der Waals surface area contributed by atoms with E-state index < -0.39 is 0 Å². The van der Waals surface area contributed by atoms with E-state index in [9.17, 15) is 0 Å². The Bertz CT molecular complexity index is 575. The number of guanidine groups is 1. The first kappa shape index (κ1) is 22.5. The topological polar surface area (TPSA) is 67.4 Å². The summed E-state index contributed by atoms with van der Waals surface area (Å²) in [7, 11) is 5.26. The highest BCUT2D eigenvalue weighted by atomic mass is 16.5. The summed E-state index contributed by atoms with van der Waals surface area (Å²) in [6.07, 6.45) is 3.29. The van der Waals surface area contributed by atoms with Crippen LogP contribution in [0.1, 0.15) is 19.3 Å². The minimum Gasteiger partial charge on any atom is -0.493 e. The molecule has 0 aromatic heterocycles. The van der Waals surface area contributed by atoms with Crippen LogP contribution in [0.3, 0.4) is 0 Å². The number of nitrogens with one attached hydrogen (secondary N) is 2. The van der Waals surface area contributed by atoms with Gasteiger partial charge in [-0.1, -0.05) is 6.07 Å². The molecule has 0 bridgehead atoms. The molecule has 7 heteroatoms. The van der Waals surface area contributed by atoms with Gasteiger partial charge in [0.25, 0.3) is 0 Å². The molecule has 1 aromatic rings. The lowest BCUT2D eigenvalue weighted by Crippen LogP contribution is -2.41. The molecule has 1 aromatic carbocycles. The summed E-state index contributed by atoms with van der Waals surface area (Å²) in [5.74, 6) is 2.31. The standard InChI is InChI=1S/C21H36N4O3/c1-22-21(23-17-18-8-10-25(11-9-18)12-15-27-3)24-19-6-4-7-20(16-19)28-14-5-13-26-2/h4,6-7,16,18H,5,8-15,17H2,1-3H3,(H2,22,23,24). The molecule has 1 saturated heterocycles. The minimum absolute atomic E-state index is 0.646. The molecule has 2 N–H and O–H groups in total. The van der Waals surface area contributed by atoms with Gasteiger partial charge in [-0.3, -0.25) is 4.99 Å². The number of rotatable bonds is 11. The Balaban J connectivity index is 1.72. The summed E-state index contributed by atoms with van der Waals surface area (Å²) >= 11 is 0. The predicted octanol–water partition coefficient (Wildman–Crippen LogP) is 2.45. The summed E-state index contributed by atoms with van der Waals surface area (Å²) in [6.45, 7) is 6.42. The van der Waals surface area contributed by atoms with Crippen LogP contribution < -0.4 is 15.4 Å². The number of piperidine rings is 1. The van der Waals surface area contributed by atoms with Crippen molar-refractivity contribution in [1.29, 1.82) is 0 Å². The Hall–Kier alpha value is -1.83. The fourth-order valence-electron chi connectivity index (χ4n) is 3.25. The highest BCUT2D eigenvalue weighted by molar-refractivity contribution is 5.93. The van der Waals surface area contributed by atoms with E-state index in [-0.39, 0.29) is 0 Å². The number of nitrogens with zero attached hydrogens (tertiary/aromatic N) is 2. The second-order valence-corrected chi connectivity index (χ2v) is 7.08. The van der Waals surface area contributed by atoms with Crippen molar-refractivity contribution < 1.29 is 14.2 Å². The number of hydrogen-bond acceptors (Lipinski definition) is 5. The van der Waals surface area contributed by atoms with E-state index in [4.69, 9.17) is 14.2 Å². The van der Waals surface area contributed by atoms with E-state index in [0.717, 1.165) is 56.6 Å². The van der Waals surface area contributed by atoms with E-state index in [1.807, 2.05) is 24.3 Å². The summed E-state index contributed by atoms with van der Waals surface area (Å²) in [6, 6.07) is 7.96. The van der Waals surface area contributed by atoms with E-state index in [1.54, 1.807) is 21.3 Å². The average molecular weight is 393 g/mol. The zero-order valence-electron chi connectivity index (χ0n) is 17.6. The van der Waals surface area contributed by atoms with Gasteiger partial charge >= 0.3 is 0 Å². The number of likely N-dealkylation sites (tertiary alicyclic amines) is 1. The number of methoxy groups -OCH3 is 2. The molecule has 0 radical (unpaired) electrons. The maximum Gasteiger partial charge on any atom is 0.195 e. The van der Waals surface area contributed by atoms with Gasteiger partial charge in [-0.2, -0.15) is 0 Å². The second-order valence-electron chi connectivity index (χ2n) is 7.08. The van der Waals surface area contributed by atoms with Crippen molar-refractivity contribution in [2.75, 3.05) is 72.6 Å². The minimum atomic E-state index is 0.646. The van der Waals surface area contributed by atoms with Crippen molar-refractivity contribution >= 4 is 11.6 Å². The monoisotopic (exact) mass is 392 g/mol. The number of anilines is 1. The summed E-state index contributed by atoms with van der Waals surface area (Å²) < 4.78 is 16.0. The number of benzene rings is 1. The van der Waals surface area contributed by atoms with Crippen LogP contribution in [-0.2, 0) is 9.47 Å². The molecule has 1 aliphatic rings. The van der Waals surface area contributed by atoms with Crippen molar-refractivity contribution in [1.82, 2.24) is 10.2 Å². The average Bonchev–Trinajstić information content (AvgIpc) is 2.74. The molecular formula is C21H36N4O3. The highest BCUT2D eigenvalue weighted by Crippen LogP contribution is 2.18. The number of ether oxygens (including phenoxy) is 3. The van der Waals surface area contributed by atoms with Crippen molar-refractivity contribution in [3.05, 3.63) is 24.3 Å². The van der Waals surface area contributed by atoms with Crippen LogP contribution in [0.5, 0.6) is 5.75 Å². The predicted molar refractivity (Wildman–Crippen MR) is 114 cm³/mol. The Morgan fingerprint density at radius 3 is 2.64 bits per heavy atom. The fourth-order valence-corrected chi connectivity index (χ4v) is 3.25. The fraction of sp³-hybridized carbons (Fsp3) is 0.667. The quantitative estimate of drug-likeness (QED) is 0.343. The van der Waals surface area contributed by atoms with Crippen LogP contribution in [0.25, 0.3) is 0 Å². The van der Waals surface area contributed by atoms with Gasteiger partial charge in [0.15, 0.2) is 5.96 Å². The zero-order chi connectivity index (χ0) is 20.0. The third-order valence-corrected chi connectivity index (χ3v) is 4.96. The van der Waals surface area contributed by atoms with Gasteiger partial charge in [-0.25, -0.2) is 0 Å². The summed E-state index contributed by atoms with van der Waals surface area (Å²) in [5, 5.41) is 6.82. The molecule has 7 nitrogen and oxygen atoms in total. The molecule has 158 valence electrons. The molecule has 0 saturated carbocycles. The van der Waals surface area contributed by atoms with E-state index in [0.29, 0.717) is 19.1 Å². The molecule has 0 spiro atoms. The van der Waals surface area contributed by atoms with Crippen LogP contribution in [0, 0.1) is 5.92 Å². The smallest absolute Gasteiger partial charge is 0.195 e. The normalized spacial score (nSPS) is 16.2. The molecule has 0 amide bonds. The Morgan fingerprint density at radius 1 is 1.14 bits per heavy atom. The third-order valence-electron chi connectivity index (χ3n) is 4.96. The van der Waals surface area contributed by atoms with Gasteiger partial charge < -0.3 is 29.7 Å².